The van der Waals surface area contributed by atoms with Crippen LogP contribution in [-0.2, 0) is 0 Å². The Kier molecular flexibility index (Phi) is 1.81. The van der Waals surface area contributed by atoms with E-state index < -0.39 is 0 Å². The third-order valence-electron chi connectivity index (χ3n) is 1.99. The Bertz CT molecular complexity index is 486. The Hall–Kier alpha value is -2.11. The molecule has 5 N–H and O–H groups in total. The topological polar surface area (TPSA) is 103 Å². The van der Waals surface area contributed by atoms with Crippen LogP contribution in [-0.4, -0.2) is 27.8 Å². The highest BCUT2D eigenvalue weighted by Crippen LogP contribution is 2.20. The van der Waals surface area contributed by atoms with Gasteiger partial charge in [-0.3, -0.25) is 5.41 Å². The molecule has 0 spiro atoms. The van der Waals surface area contributed by atoms with Gasteiger partial charge in [-0.05, 0) is 0 Å². The molecule has 0 aliphatic rings. The molecule has 6 nitrogen and oxygen atoms in total. The first-order chi connectivity index (χ1) is 6.74. The second-order valence-corrected chi connectivity index (χ2v) is 2.81. The summed E-state index contributed by atoms with van der Waals surface area (Å²) in [4.78, 5) is 11.0. The summed E-state index contributed by atoms with van der Waals surface area (Å²) in [7, 11) is 1.76. The summed E-state index contributed by atoms with van der Waals surface area (Å²) in [6.45, 7) is 0. The zero-order chi connectivity index (χ0) is 10.1. The quantitative estimate of drug-likeness (QED) is 0.403. The van der Waals surface area contributed by atoms with Crippen LogP contribution >= 0.6 is 0 Å². The van der Waals surface area contributed by atoms with Crippen molar-refractivity contribution in [3.05, 3.63) is 18.1 Å². The molecule has 0 atom stereocenters. The van der Waals surface area contributed by atoms with E-state index in [1.807, 2.05) is 0 Å². The van der Waals surface area contributed by atoms with Gasteiger partial charge < -0.3 is 16.0 Å². The maximum absolute atomic E-state index is 7.46. The first kappa shape index (κ1) is 8.49. The fourth-order valence-corrected chi connectivity index (χ4v) is 1.36. The van der Waals surface area contributed by atoms with Crippen molar-refractivity contribution in [2.24, 2.45) is 5.73 Å². The van der Waals surface area contributed by atoms with Gasteiger partial charge in [-0.25, -0.2) is 9.97 Å². The maximum atomic E-state index is 7.46. The van der Waals surface area contributed by atoms with E-state index in [4.69, 9.17) is 11.1 Å². The highest BCUT2D eigenvalue weighted by Gasteiger charge is 2.11. The molecule has 2 heterocycles. The van der Waals surface area contributed by atoms with E-state index in [1.165, 1.54) is 6.33 Å². The van der Waals surface area contributed by atoms with E-state index in [0.29, 0.717) is 22.4 Å². The van der Waals surface area contributed by atoms with Gasteiger partial charge in [0.15, 0.2) is 5.65 Å². The number of nitrogens with one attached hydrogen (secondary N) is 3. The average Bonchev–Trinajstić information content (AvgIpc) is 2.62. The second kappa shape index (κ2) is 2.99. The monoisotopic (exact) mass is 190 g/mol. The Morgan fingerprint density at radius 3 is 3.00 bits per heavy atom. The molecule has 0 aromatic carbocycles. The smallest absolute Gasteiger partial charge is 0.178 e. The summed E-state index contributed by atoms with van der Waals surface area (Å²) in [6, 6.07) is 0. The summed E-state index contributed by atoms with van der Waals surface area (Å²) in [5, 5.41) is 10.4. The lowest BCUT2D eigenvalue weighted by atomic mass is 10.2. The molecule has 0 aliphatic carbocycles. The van der Waals surface area contributed by atoms with E-state index in [9.17, 15) is 0 Å². The predicted molar refractivity (Wildman–Crippen MR) is 54.5 cm³/mol. The maximum Gasteiger partial charge on any atom is 0.178 e. The molecule has 0 radical (unpaired) electrons. The number of anilines is 1. The number of pyridine rings is 1. The second-order valence-electron chi connectivity index (χ2n) is 2.81. The lowest BCUT2D eigenvalue weighted by molar-refractivity contribution is 1.30. The standard InChI is InChI=1S/C8H10N6/c1-11-4-2-12-8-6(13-3-14-8)5(4)7(9)10/h2-3,11H,1H3,(H3,9,10)(H,12,13,14). The Morgan fingerprint density at radius 2 is 2.36 bits per heavy atom. The van der Waals surface area contributed by atoms with E-state index >= 15 is 0 Å². The summed E-state index contributed by atoms with van der Waals surface area (Å²) in [5.74, 6) is -0.00833. The molecule has 72 valence electrons. The first-order valence-electron chi connectivity index (χ1n) is 4.08. The molecule has 2 aromatic rings. The molecule has 0 aliphatic heterocycles. The lowest BCUT2D eigenvalue weighted by Gasteiger charge is -2.06. The molecular formula is C8H10N6. The predicted octanol–water partition coefficient (Wildman–Crippen LogP) is 0.284. The van der Waals surface area contributed by atoms with Crippen molar-refractivity contribution in [3.63, 3.8) is 0 Å². The summed E-state index contributed by atoms with van der Waals surface area (Å²) in [6.07, 6.45) is 3.14. The molecule has 0 saturated carbocycles. The molecule has 0 amide bonds. The van der Waals surface area contributed by atoms with Gasteiger partial charge in [-0.15, -0.1) is 0 Å². The Labute approximate surface area is 80.1 Å². The van der Waals surface area contributed by atoms with Gasteiger partial charge in [-0.2, -0.15) is 0 Å². The Balaban J connectivity index is 2.82. The van der Waals surface area contributed by atoms with Gasteiger partial charge in [0.2, 0.25) is 0 Å². The minimum absolute atomic E-state index is 0.00833. The molecule has 0 saturated heterocycles. The number of aromatic nitrogens is 3. The molecule has 0 unspecified atom stereocenters. The average molecular weight is 190 g/mol. The van der Waals surface area contributed by atoms with Crippen LogP contribution in [0.1, 0.15) is 5.56 Å². The number of amidine groups is 1. The fourth-order valence-electron chi connectivity index (χ4n) is 1.36. The number of H-pyrrole nitrogens is 1. The minimum Gasteiger partial charge on any atom is -0.386 e. The molecular weight excluding hydrogens is 180 g/mol. The van der Waals surface area contributed by atoms with Crippen molar-refractivity contribution in [2.75, 3.05) is 12.4 Å². The van der Waals surface area contributed by atoms with Gasteiger partial charge in [0, 0.05) is 7.05 Å². The van der Waals surface area contributed by atoms with Gasteiger partial charge in [0.25, 0.3) is 0 Å². The number of aromatic amines is 1. The fraction of sp³-hybridized carbons (Fsp3) is 0.125. The largest absolute Gasteiger partial charge is 0.386 e. The van der Waals surface area contributed by atoms with Gasteiger partial charge >= 0.3 is 0 Å². The Morgan fingerprint density at radius 1 is 1.57 bits per heavy atom. The van der Waals surface area contributed by atoms with Crippen molar-refractivity contribution in [2.45, 2.75) is 0 Å². The van der Waals surface area contributed by atoms with Crippen LogP contribution in [0, 0.1) is 5.41 Å². The van der Waals surface area contributed by atoms with Crippen LogP contribution < -0.4 is 11.1 Å². The first-order valence-corrected chi connectivity index (χ1v) is 4.08. The third-order valence-corrected chi connectivity index (χ3v) is 1.99. The van der Waals surface area contributed by atoms with E-state index in [-0.39, 0.29) is 5.84 Å². The van der Waals surface area contributed by atoms with Crippen molar-refractivity contribution in [1.82, 2.24) is 15.0 Å². The van der Waals surface area contributed by atoms with Crippen molar-refractivity contribution in [3.8, 4) is 0 Å². The van der Waals surface area contributed by atoms with E-state index in [0.717, 1.165) is 0 Å². The molecule has 6 heteroatoms. The normalized spacial score (nSPS) is 10.4. The molecule has 2 rings (SSSR count). The van der Waals surface area contributed by atoms with Crippen molar-refractivity contribution < 1.29 is 0 Å². The van der Waals surface area contributed by atoms with E-state index in [1.54, 1.807) is 13.2 Å². The van der Waals surface area contributed by atoms with Crippen LogP contribution in [0.15, 0.2) is 12.5 Å². The highest BCUT2D eigenvalue weighted by atomic mass is 15.0. The third kappa shape index (κ3) is 1.08. The molecule has 14 heavy (non-hydrogen) atoms. The van der Waals surface area contributed by atoms with Crippen LogP contribution in [0.25, 0.3) is 11.2 Å². The number of hydrogen-bond donors (Lipinski definition) is 4. The van der Waals surface area contributed by atoms with Crippen LogP contribution in [0.3, 0.4) is 0 Å². The van der Waals surface area contributed by atoms with Gasteiger partial charge in [0.1, 0.15) is 5.84 Å². The zero-order valence-corrected chi connectivity index (χ0v) is 7.63. The van der Waals surface area contributed by atoms with Crippen molar-refractivity contribution in [1.29, 1.82) is 5.41 Å². The number of nitrogen functional groups attached to an aromatic ring is 1. The van der Waals surface area contributed by atoms with Gasteiger partial charge in [0.05, 0.1) is 29.3 Å². The van der Waals surface area contributed by atoms with Crippen molar-refractivity contribution >= 4 is 22.7 Å². The molecule has 0 fully saturated rings. The van der Waals surface area contributed by atoms with Crippen LogP contribution in [0.4, 0.5) is 5.69 Å². The zero-order valence-electron chi connectivity index (χ0n) is 7.63. The lowest BCUT2D eigenvalue weighted by Crippen LogP contribution is -2.14. The van der Waals surface area contributed by atoms with Crippen LogP contribution in [0.2, 0.25) is 0 Å². The molecule has 2 aromatic heterocycles. The summed E-state index contributed by atoms with van der Waals surface area (Å²) >= 11 is 0. The summed E-state index contributed by atoms with van der Waals surface area (Å²) < 4.78 is 0. The number of nitrogens with two attached hydrogens (primary N) is 1. The van der Waals surface area contributed by atoms with Crippen LogP contribution in [0.5, 0.6) is 0 Å². The number of rotatable bonds is 2. The molecule has 0 bridgehead atoms. The van der Waals surface area contributed by atoms with E-state index in [2.05, 4.69) is 20.3 Å². The number of hydrogen-bond acceptors (Lipinski definition) is 4. The SMILES string of the molecule is CNc1cnc2nc[nH]c2c1C(=N)N. The number of fused-ring (bicyclic) bond motifs is 1. The summed E-state index contributed by atoms with van der Waals surface area (Å²) in [5.41, 5.74) is 8.06. The number of imidazole rings is 1. The van der Waals surface area contributed by atoms with Gasteiger partial charge in [-0.1, -0.05) is 0 Å². The number of nitrogens with zero attached hydrogens (tertiary/aromatic N) is 2. The highest BCUT2D eigenvalue weighted by molar-refractivity contribution is 6.09. The minimum atomic E-state index is -0.00833.